The molecule has 1 aliphatic heterocycles. The van der Waals surface area contributed by atoms with Gasteiger partial charge in [0, 0.05) is 5.69 Å². The van der Waals surface area contributed by atoms with Crippen LogP contribution in [0.3, 0.4) is 0 Å². The SMILES string of the molecule is C1=CC2Nc3ccccc3C=C2C1. The predicted octanol–water partition coefficient (Wildman–Crippen LogP) is 2.82. The van der Waals surface area contributed by atoms with E-state index >= 15 is 0 Å². The van der Waals surface area contributed by atoms with Crippen LogP contribution >= 0.6 is 0 Å². The van der Waals surface area contributed by atoms with Gasteiger partial charge in [0.05, 0.1) is 6.04 Å². The zero-order valence-electron chi connectivity index (χ0n) is 7.33. The summed E-state index contributed by atoms with van der Waals surface area (Å²) in [6.45, 7) is 0. The van der Waals surface area contributed by atoms with E-state index in [2.05, 4.69) is 47.8 Å². The molecule has 0 saturated carbocycles. The van der Waals surface area contributed by atoms with Crippen molar-refractivity contribution in [2.24, 2.45) is 0 Å². The first kappa shape index (κ1) is 6.96. The van der Waals surface area contributed by atoms with Crippen molar-refractivity contribution >= 4 is 11.8 Å². The number of anilines is 1. The Morgan fingerprint density at radius 2 is 2.15 bits per heavy atom. The minimum atomic E-state index is 0.454. The Labute approximate surface area is 77.8 Å². The molecule has 3 rings (SSSR count). The highest BCUT2D eigenvalue weighted by atomic mass is 14.9. The van der Waals surface area contributed by atoms with E-state index in [4.69, 9.17) is 0 Å². The summed E-state index contributed by atoms with van der Waals surface area (Å²) >= 11 is 0. The average molecular weight is 169 g/mol. The van der Waals surface area contributed by atoms with Gasteiger partial charge in [-0.1, -0.05) is 36.4 Å². The second kappa shape index (κ2) is 2.49. The summed E-state index contributed by atoms with van der Waals surface area (Å²) < 4.78 is 0. The van der Waals surface area contributed by atoms with Crippen LogP contribution in [-0.2, 0) is 0 Å². The summed E-state index contributed by atoms with van der Waals surface area (Å²) in [4.78, 5) is 0. The van der Waals surface area contributed by atoms with E-state index in [-0.39, 0.29) is 0 Å². The van der Waals surface area contributed by atoms with Gasteiger partial charge in [0.2, 0.25) is 0 Å². The van der Waals surface area contributed by atoms with Crippen LogP contribution in [0, 0.1) is 0 Å². The summed E-state index contributed by atoms with van der Waals surface area (Å²) in [6, 6.07) is 8.90. The van der Waals surface area contributed by atoms with Crippen LogP contribution in [0.1, 0.15) is 12.0 Å². The molecule has 0 amide bonds. The molecule has 1 heterocycles. The van der Waals surface area contributed by atoms with Gasteiger partial charge in [0.25, 0.3) is 0 Å². The van der Waals surface area contributed by atoms with Gasteiger partial charge in [-0.3, -0.25) is 0 Å². The first-order chi connectivity index (χ1) is 6.43. The maximum absolute atomic E-state index is 3.50. The fourth-order valence-corrected chi connectivity index (χ4v) is 2.00. The lowest BCUT2D eigenvalue weighted by Gasteiger charge is -2.22. The van der Waals surface area contributed by atoms with Gasteiger partial charge in [0.15, 0.2) is 0 Å². The van der Waals surface area contributed by atoms with Gasteiger partial charge in [-0.15, -0.1) is 0 Å². The number of allylic oxidation sites excluding steroid dienone is 1. The molecule has 0 fully saturated rings. The van der Waals surface area contributed by atoms with Crippen LogP contribution in [0.5, 0.6) is 0 Å². The Morgan fingerprint density at radius 3 is 3.15 bits per heavy atom. The number of benzene rings is 1. The minimum Gasteiger partial charge on any atom is -0.375 e. The van der Waals surface area contributed by atoms with E-state index in [1.807, 2.05) is 0 Å². The van der Waals surface area contributed by atoms with E-state index < -0.39 is 0 Å². The molecule has 1 aromatic carbocycles. The fraction of sp³-hybridized carbons (Fsp3) is 0.167. The fourth-order valence-electron chi connectivity index (χ4n) is 2.00. The lowest BCUT2D eigenvalue weighted by atomic mass is 10.00. The average Bonchev–Trinajstić information content (AvgIpc) is 2.61. The maximum atomic E-state index is 3.50. The van der Waals surface area contributed by atoms with Gasteiger partial charge in [0.1, 0.15) is 0 Å². The minimum absolute atomic E-state index is 0.454. The van der Waals surface area contributed by atoms with Gasteiger partial charge >= 0.3 is 0 Å². The van der Waals surface area contributed by atoms with Crippen LogP contribution in [0.15, 0.2) is 42.0 Å². The summed E-state index contributed by atoms with van der Waals surface area (Å²) in [6.07, 6.45) is 7.87. The molecule has 0 saturated heterocycles. The predicted molar refractivity (Wildman–Crippen MR) is 55.6 cm³/mol. The third kappa shape index (κ3) is 1.00. The smallest absolute Gasteiger partial charge is 0.0664 e. The molecule has 1 aromatic rings. The van der Waals surface area contributed by atoms with Crippen molar-refractivity contribution in [3.63, 3.8) is 0 Å². The number of rotatable bonds is 0. The Bertz CT molecular complexity index is 401. The van der Waals surface area contributed by atoms with E-state index in [1.54, 1.807) is 0 Å². The second-order valence-electron chi connectivity index (χ2n) is 3.56. The van der Waals surface area contributed by atoms with E-state index in [9.17, 15) is 0 Å². The third-order valence-corrected chi connectivity index (χ3v) is 2.69. The van der Waals surface area contributed by atoms with Crippen LogP contribution in [0.4, 0.5) is 5.69 Å². The molecule has 0 radical (unpaired) electrons. The highest BCUT2D eigenvalue weighted by Gasteiger charge is 2.19. The molecule has 0 bridgehead atoms. The quantitative estimate of drug-likeness (QED) is 0.589. The summed E-state index contributed by atoms with van der Waals surface area (Å²) in [5, 5.41) is 3.50. The van der Waals surface area contributed by atoms with Gasteiger partial charge in [-0.05, 0) is 23.6 Å². The molecule has 1 heteroatoms. The van der Waals surface area contributed by atoms with Crippen molar-refractivity contribution in [2.45, 2.75) is 12.5 Å². The topological polar surface area (TPSA) is 12.0 Å². The second-order valence-corrected chi connectivity index (χ2v) is 3.56. The molecular formula is C12H11N. The molecule has 1 nitrogen and oxygen atoms in total. The number of hydrogen-bond acceptors (Lipinski definition) is 1. The number of fused-ring (bicyclic) bond motifs is 2. The highest BCUT2D eigenvalue weighted by Crippen LogP contribution is 2.31. The van der Waals surface area contributed by atoms with Gasteiger partial charge in [-0.2, -0.15) is 0 Å². The lowest BCUT2D eigenvalue weighted by Crippen LogP contribution is -2.19. The molecule has 13 heavy (non-hydrogen) atoms. The van der Waals surface area contributed by atoms with Crippen LogP contribution in [-0.4, -0.2) is 6.04 Å². The van der Waals surface area contributed by atoms with E-state index in [1.165, 1.54) is 16.8 Å². The molecule has 1 N–H and O–H groups in total. The van der Waals surface area contributed by atoms with Crippen molar-refractivity contribution in [1.82, 2.24) is 0 Å². The summed E-state index contributed by atoms with van der Waals surface area (Å²) in [5.41, 5.74) is 4.05. The molecule has 2 aliphatic rings. The molecule has 1 atom stereocenters. The Balaban J connectivity index is 2.13. The maximum Gasteiger partial charge on any atom is 0.0664 e. The highest BCUT2D eigenvalue weighted by molar-refractivity contribution is 5.74. The van der Waals surface area contributed by atoms with Gasteiger partial charge < -0.3 is 5.32 Å². The van der Waals surface area contributed by atoms with Crippen molar-refractivity contribution in [2.75, 3.05) is 5.32 Å². The van der Waals surface area contributed by atoms with Crippen LogP contribution in [0.25, 0.3) is 6.08 Å². The molecule has 64 valence electrons. The van der Waals surface area contributed by atoms with Crippen molar-refractivity contribution < 1.29 is 0 Å². The Hall–Kier alpha value is -1.50. The Kier molecular flexibility index (Phi) is 1.33. The first-order valence-electron chi connectivity index (χ1n) is 4.66. The first-order valence-corrected chi connectivity index (χ1v) is 4.66. The molecular weight excluding hydrogens is 158 g/mol. The normalized spacial score (nSPS) is 23.1. The van der Waals surface area contributed by atoms with E-state index in [0.717, 1.165) is 6.42 Å². The van der Waals surface area contributed by atoms with E-state index in [0.29, 0.717) is 6.04 Å². The number of nitrogens with one attached hydrogen (secondary N) is 1. The number of para-hydroxylation sites is 1. The monoisotopic (exact) mass is 169 g/mol. The molecule has 0 aromatic heterocycles. The zero-order valence-corrected chi connectivity index (χ0v) is 7.33. The standard InChI is InChI=1S/C12H11N/c1-2-6-11-9(4-1)8-10-5-3-7-12(10)13-11/h1-4,6-8,12-13H,5H2. The Morgan fingerprint density at radius 1 is 1.23 bits per heavy atom. The lowest BCUT2D eigenvalue weighted by molar-refractivity contribution is 1.02. The largest absolute Gasteiger partial charge is 0.375 e. The van der Waals surface area contributed by atoms with Gasteiger partial charge in [-0.25, -0.2) is 0 Å². The summed E-state index contributed by atoms with van der Waals surface area (Å²) in [7, 11) is 0. The summed E-state index contributed by atoms with van der Waals surface area (Å²) in [5.74, 6) is 0. The van der Waals surface area contributed by atoms with Crippen LogP contribution in [0.2, 0.25) is 0 Å². The number of hydrogen-bond donors (Lipinski definition) is 1. The van der Waals surface area contributed by atoms with Crippen molar-refractivity contribution in [1.29, 1.82) is 0 Å². The van der Waals surface area contributed by atoms with Crippen molar-refractivity contribution in [3.8, 4) is 0 Å². The third-order valence-electron chi connectivity index (χ3n) is 2.69. The molecule has 1 unspecified atom stereocenters. The molecule has 0 spiro atoms. The molecule has 1 aliphatic carbocycles. The zero-order chi connectivity index (χ0) is 8.67. The van der Waals surface area contributed by atoms with Crippen LogP contribution < -0.4 is 5.32 Å². The van der Waals surface area contributed by atoms with Crippen molar-refractivity contribution in [3.05, 3.63) is 47.6 Å².